The third kappa shape index (κ3) is 9.64. The Hall–Kier alpha value is -3.71. The van der Waals surface area contributed by atoms with E-state index < -0.39 is 101 Å². The van der Waals surface area contributed by atoms with Crippen molar-refractivity contribution in [3.05, 3.63) is 0 Å². The number of hydrogen-bond donors (Lipinski definition) is 0. The van der Waals surface area contributed by atoms with Crippen LogP contribution in [0.5, 0.6) is 0 Å². The van der Waals surface area contributed by atoms with Gasteiger partial charge in [-0.3, -0.25) is 33.6 Å². The predicted octanol–water partition coefficient (Wildman–Crippen LogP) is 2.24. The number of carbonyl (C=O) groups excluding carboxylic acids is 7. The van der Waals surface area contributed by atoms with Gasteiger partial charge in [0.25, 0.3) is 0 Å². The average molecular weight is 647 g/mol. The highest BCUT2D eigenvalue weighted by molar-refractivity contribution is 5.89. The molecule has 10 atom stereocenters. The maximum absolute atomic E-state index is 13.6. The van der Waals surface area contributed by atoms with Crippen LogP contribution in [-0.4, -0.2) is 91.6 Å². The zero-order chi connectivity index (χ0) is 35.2. The lowest BCUT2D eigenvalue weighted by molar-refractivity contribution is -0.176. The molecule has 0 aliphatic carbocycles. The highest BCUT2D eigenvalue weighted by Gasteiger charge is 2.55. The molecular weight excluding hydrogens is 596 g/mol. The summed E-state index contributed by atoms with van der Waals surface area (Å²) in [6, 6.07) is 0. The van der Waals surface area contributed by atoms with E-state index in [1.54, 1.807) is 13.8 Å². The van der Waals surface area contributed by atoms with Crippen molar-refractivity contribution in [2.24, 2.45) is 59.2 Å². The molecule has 0 rings (SSSR count). The van der Waals surface area contributed by atoms with Crippen LogP contribution in [0.1, 0.15) is 47.5 Å². The quantitative estimate of drug-likeness (QED) is 0.156. The fourth-order valence-corrected chi connectivity index (χ4v) is 6.55. The maximum Gasteiger partial charge on any atom is 0.310 e. The molecule has 258 valence electrons. The molecule has 0 N–H and O–H groups in total. The highest BCUT2D eigenvalue weighted by Crippen LogP contribution is 2.44. The van der Waals surface area contributed by atoms with Crippen LogP contribution in [-0.2, 0) is 66.7 Å². The SMILES string of the molecule is CCC(C(=O)OC)C(C)C(C(=O)OC)C(C(=O)OC)C(C(=O)OC)C(C)C(C(=O)OC)C(C)C(C(=O)OC)C(CC)C(=O)OC. The molecule has 0 saturated carbocycles. The molecule has 0 aliphatic heterocycles. The van der Waals surface area contributed by atoms with Crippen molar-refractivity contribution in [1.82, 2.24) is 0 Å². The topological polar surface area (TPSA) is 184 Å². The lowest BCUT2D eigenvalue weighted by Crippen LogP contribution is -2.51. The lowest BCUT2D eigenvalue weighted by atomic mass is 9.62. The normalized spacial score (nSPS) is 17.7. The van der Waals surface area contributed by atoms with E-state index in [-0.39, 0.29) is 12.8 Å². The monoisotopic (exact) mass is 646 g/mol. The fraction of sp³-hybridized carbons (Fsp3) is 0.774. The van der Waals surface area contributed by atoms with Gasteiger partial charge >= 0.3 is 41.8 Å². The highest BCUT2D eigenvalue weighted by atomic mass is 16.5. The van der Waals surface area contributed by atoms with Crippen molar-refractivity contribution in [3.63, 3.8) is 0 Å². The van der Waals surface area contributed by atoms with Crippen LogP contribution in [0, 0.1) is 59.2 Å². The van der Waals surface area contributed by atoms with Gasteiger partial charge in [0.1, 0.15) is 0 Å². The Labute approximate surface area is 265 Å². The smallest absolute Gasteiger partial charge is 0.310 e. The number of hydrogen-bond acceptors (Lipinski definition) is 14. The standard InChI is InChI=1S/C31H50O14/c1-13-18(25(32)39-6)15(3)22(29(36)43-10)24(31(38)45-12)23(30(37)44-11)17(5)20(27(34)41-8)16(4)21(28(35)42-9)19(14-2)26(33)40-7/h15-24H,13-14H2,1-12H3. The third-order valence-electron chi connectivity index (χ3n) is 8.93. The molecule has 0 fully saturated rings. The van der Waals surface area contributed by atoms with Crippen molar-refractivity contribution in [2.75, 3.05) is 49.8 Å². The Kier molecular flexibility index (Phi) is 18.0. The van der Waals surface area contributed by atoms with E-state index in [0.717, 1.165) is 42.7 Å². The summed E-state index contributed by atoms with van der Waals surface area (Å²) in [7, 11) is 7.77. The summed E-state index contributed by atoms with van der Waals surface area (Å²) in [6.07, 6.45) is 0.348. The molecule has 0 aromatic carbocycles. The van der Waals surface area contributed by atoms with Gasteiger partial charge in [-0.15, -0.1) is 0 Å². The fourth-order valence-electron chi connectivity index (χ4n) is 6.55. The largest absolute Gasteiger partial charge is 0.469 e. The van der Waals surface area contributed by atoms with Crippen LogP contribution < -0.4 is 0 Å². The minimum atomic E-state index is -1.64. The van der Waals surface area contributed by atoms with Gasteiger partial charge in [0.05, 0.1) is 91.2 Å². The van der Waals surface area contributed by atoms with E-state index in [4.69, 9.17) is 33.2 Å². The Balaban J connectivity index is 7.66. The van der Waals surface area contributed by atoms with E-state index in [0.29, 0.717) is 0 Å². The van der Waals surface area contributed by atoms with Crippen LogP contribution >= 0.6 is 0 Å². The van der Waals surface area contributed by atoms with Crippen LogP contribution in [0.3, 0.4) is 0 Å². The molecule has 0 aliphatic rings. The zero-order valence-corrected chi connectivity index (χ0v) is 28.4. The van der Waals surface area contributed by atoms with Crippen molar-refractivity contribution in [3.8, 4) is 0 Å². The van der Waals surface area contributed by atoms with E-state index in [9.17, 15) is 33.6 Å². The summed E-state index contributed by atoms with van der Waals surface area (Å²) in [4.78, 5) is 92.7. The summed E-state index contributed by atoms with van der Waals surface area (Å²) >= 11 is 0. The van der Waals surface area contributed by atoms with Crippen molar-refractivity contribution in [2.45, 2.75) is 47.5 Å². The van der Waals surface area contributed by atoms with Gasteiger partial charge in [0.2, 0.25) is 0 Å². The van der Waals surface area contributed by atoms with E-state index in [1.165, 1.54) is 27.9 Å². The summed E-state index contributed by atoms with van der Waals surface area (Å²) in [5, 5.41) is 0. The van der Waals surface area contributed by atoms with Crippen LogP contribution in [0.25, 0.3) is 0 Å². The molecule has 14 heteroatoms. The average Bonchev–Trinajstić information content (AvgIpc) is 3.04. The molecule has 45 heavy (non-hydrogen) atoms. The first-order chi connectivity index (χ1) is 21.1. The van der Waals surface area contributed by atoms with Gasteiger partial charge in [-0.25, -0.2) is 0 Å². The van der Waals surface area contributed by atoms with Crippen LogP contribution in [0.4, 0.5) is 0 Å². The molecule has 0 bridgehead atoms. The number of ether oxygens (including phenoxy) is 7. The first-order valence-corrected chi connectivity index (χ1v) is 14.7. The van der Waals surface area contributed by atoms with E-state index >= 15 is 0 Å². The van der Waals surface area contributed by atoms with Crippen molar-refractivity contribution >= 4 is 41.8 Å². The van der Waals surface area contributed by atoms with Gasteiger partial charge < -0.3 is 33.2 Å². The Bertz CT molecular complexity index is 1040. The van der Waals surface area contributed by atoms with E-state index in [1.807, 2.05) is 0 Å². The van der Waals surface area contributed by atoms with Crippen molar-refractivity contribution in [1.29, 1.82) is 0 Å². The van der Waals surface area contributed by atoms with Gasteiger partial charge in [-0.2, -0.15) is 0 Å². The number of methoxy groups -OCH3 is 7. The summed E-state index contributed by atoms with van der Waals surface area (Å²) in [6.45, 7) is 7.85. The second kappa shape index (κ2) is 19.6. The van der Waals surface area contributed by atoms with Gasteiger partial charge in [-0.1, -0.05) is 34.6 Å². The lowest BCUT2D eigenvalue weighted by Gasteiger charge is -2.40. The molecule has 14 nitrogen and oxygen atoms in total. The van der Waals surface area contributed by atoms with Gasteiger partial charge in [0.15, 0.2) is 0 Å². The summed E-state index contributed by atoms with van der Waals surface area (Å²) in [5.74, 6) is -18.3. The minimum Gasteiger partial charge on any atom is -0.469 e. The molecule has 0 saturated heterocycles. The second-order valence-electron chi connectivity index (χ2n) is 10.9. The first kappa shape index (κ1) is 41.3. The maximum atomic E-state index is 13.6. The van der Waals surface area contributed by atoms with Crippen LogP contribution in [0.15, 0.2) is 0 Å². The second-order valence-corrected chi connectivity index (χ2v) is 10.9. The van der Waals surface area contributed by atoms with Crippen molar-refractivity contribution < 1.29 is 66.7 Å². The van der Waals surface area contributed by atoms with Gasteiger partial charge in [-0.05, 0) is 30.6 Å². The van der Waals surface area contributed by atoms with E-state index in [2.05, 4.69) is 0 Å². The molecule has 0 spiro atoms. The molecule has 0 amide bonds. The molecule has 0 aromatic heterocycles. The molecular formula is C31H50O14. The number of carbonyl (C=O) groups is 7. The summed E-state index contributed by atoms with van der Waals surface area (Å²) < 4.78 is 35.2. The Morgan fingerprint density at radius 1 is 0.356 bits per heavy atom. The minimum absolute atomic E-state index is 0.137. The summed E-state index contributed by atoms with van der Waals surface area (Å²) in [5.41, 5.74) is 0. The first-order valence-electron chi connectivity index (χ1n) is 14.7. The molecule has 10 unspecified atom stereocenters. The Morgan fingerprint density at radius 2 is 0.622 bits per heavy atom. The molecule has 0 aromatic rings. The number of rotatable bonds is 18. The number of esters is 7. The van der Waals surface area contributed by atoms with Crippen LogP contribution in [0.2, 0.25) is 0 Å². The zero-order valence-electron chi connectivity index (χ0n) is 28.4. The molecule has 0 radical (unpaired) electrons. The predicted molar refractivity (Wildman–Crippen MR) is 157 cm³/mol. The molecule has 0 heterocycles. The third-order valence-corrected chi connectivity index (χ3v) is 8.93. The van der Waals surface area contributed by atoms with Gasteiger partial charge in [0, 0.05) is 0 Å². The Morgan fingerprint density at radius 3 is 0.978 bits per heavy atom.